The van der Waals surface area contributed by atoms with Crippen molar-refractivity contribution in [2.24, 2.45) is 0 Å². The Hall–Kier alpha value is -1.26. The van der Waals surface area contributed by atoms with Crippen LogP contribution in [-0.4, -0.2) is 38.0 Å². The first kappa shape index (κ1) is 11.2. The molecule has 1 heterocycles. The summed E-state index contributed by atoms with van der Waals surface area (Å²) in [6.07, 6.45) is 0.715. The van der Waals surface area contributed by atoms with Crippen LogP contribution in [0.25, 0.3) is 0 Å². The largest absolute Gasteiger partial charge is 0.508 e. The van der Waals surface area contributed by atoms with Crippen LogP contribution in [-0.2, 0) is 11.2 Å². The highest BCUT2D eigenvalue weighted by Crippen LogP contribution is 2.29. The van der Waals surface area contributed by atoms with Crippen LogP contribution in [0.15, 0.2) is 18.2 Å². The number of benzene rings is 1. The van der Waals surface area contributed by atoms with E-state index >= 15 is 0 Å². The van der Waals surface area contributed by atoms with Crippen molar-refractivity contribution in [1.29, 1.82) is 0 Å². The molecular formula is C12H17NO3. The van der Waals surface area contributed by atoms with Gasteiger partial charge in [0.25, 0.3) is 0 Å². The Labute approximate surface area is 95.2 Å². The Kier molecular flexibility index (Phi) is 3.03. The molecule has 0 atom stereocenters. The van der Waals surface area contributed by atoms with E-state index in [-0.39, 0.29) is 11.4 Å². The Balaban J connectivity index is 2.15. The van der Waals surface area contributed by atoms with Crippen LogP contribution < -0.4 is 10.1 Å². The zero-order valence-corrected chi connectivity index (χ0v) is 9.62. The van der Waals surface area contributed by atoms with Gasteiger partial charge in [-0.2, -0.15) is 0 Å². The Morgan fingerprint density at radius 3 is 2.56 bits per heavy atom. The van der Waals surface area contributed by atoms with E-state index < -0.39 is 0 Å². The molecule has 0 amide bonds. The molecule has 0 saturated carbocycles. The lowest BCUT2D eigenvalue weighted by Gasteiger charge is -2.41. The molecule has 88 valence electrons. The summed E-state index contributed by atoms with van der Waals surface area (Å²) in [6, 6.07) is 5.36. The topological polar surface area (TPSA) is 50.7 Å². The standard InChI is InChI=1S/C12H17NO3/c1-15-10-4-3-9(11(14)5-10)6-12(16-2)7-13-8-12/h3-5,13-14H,6-8H2,1-2H3. The predicted octanol–water partition coefficient (Wildman–Crippen LogP) is 0.932. The van der Waals surface area contributed by atoms with Gasteiger partial charge in [0.15, 0.2) is 0 Å². The molecule has 4 nitrogen and oxygen atoms in total. The van der Waals surface area contributed by atoms with Crippen LogP contribution in [0, 0.1) is 0 Å². The molecular weight excluding hydrogens is 206 g/mol. The SMILES string of the molecule is COc1ccc(CC2(OC)CNC2)c(O)c1. The van der Waals surface area contributed by atoms with Crippen LogP contribution in [0.1, 0.15) is 5.56 Å². The van der Waals surface area contributed by atoms with Gasteiger partial charge >= 0.3 is 0 Å². The molecule has 4 heteroatoms. The molecule has 2 N–H and O–H groups in total. The van der Waals surface area contributed by atoms with Gasteiger partial charge in [0.1, 0.15) is 11.5 Å². The number of ether oxygens (including phenoxy) is 2. The normalized spacial score (nSPS) is 17.9. The molecule has 0 aromatic heterocycles. The third-order valence-corrected chi connectivity index (χ3v) is 3.13. The third-order valence-electron chi connectivity index (χ3n) is 3.13. The fraction of sp³-hybridized carbons (Fsp3) is 0.500. The van der Waals surface area contributed by atoms with Crippen molar-refractivity contribution in [3.63, 3.8) is 0 Å². The lowest BCUT2D eigenvalue weighted by Crippen LogP contribution is -2.61. The number of nitrogens with one attached hydrogen (secondary N) is 1. The molecule has 16 heavy (non-hydrogen) atoms. The van der Waals surface area contributed by atoms with Crippen LogP contribution in [0.4, 0.5) is 0 Å². The van der Waals surface area contributed by atoms with Gasteiger partial charge in [-0.3, -0.25) is 0 Å². The van der Waals surface area contributed by atoms with Gasteiger partial charge in [0, 0.05) is 32.7 Å². The summed E-state index contributed by atoms with van der Waals surface area (Å²) in [5, 5.41) is 13.0. The summed E-state index contributed by atoms with van der Waals surface area (Å²) in [5.41, 5.74) is 0.732. The average molecular weight is 223 g/mol. The second-order valence-electron chi connectivity index (χ2n) is 4.16. The summed E-state index contributed by atoms with van der Waals surface area (Å²) >= 11 is 0. The van der Waals surface area contributed by atoms with Crippen LogP contribution in [0.2, 0.25) is 0 Å². The number of phenols is 1. The zero-order valence-electron chi connectivity index (χ0n) is 9.62. The Morgan fingerprint density at radius 1 is 1.38 bits per heavy atom. The second-order valence-corrected chi connectivity index (χ2v) is 4.16. The molecule has 1 fully saturated rings. The first-order valence-electron chi connectivity index (χ1n) is 5.31. The molecule has 0 bridgehead atoms. The maximum Gasteiger partial charge on any atom is 0.122 e. The van der Waals surface area contributed by atoms with Crippen molar-refractivity contribution < 1.29 is 14.6 Å². The van der Waals surface area contributed by atoms with E-state index in [9.17, 15) is 5.11 Å². The predicted molar refractivity (Wildman–Crippen MR) is 61.0 cm³/mol. The van der Waals surface area contributed by atoms with Gasteiger partial charge in [-0.05, 0) is 11.6 Å². The van der Waals surface area contributed by atoms with E-state index in [1.165, 1.54) is 0 Å². The molecule has 0 spiro atoms. The summed E-state index contributed by atoms with van der Waals surface area (Å²) in [6.45, 7) is 1.66. The van der Waals surface area contributed by atoms with Crippen LogP contribution in [0.5, 0.6) is 11.5 Å². The van der Waals surface area contributed by atoms with Gasteiger partial charge in [0.05, 0.1) is 12.7 Å². The van der Waals surface area contributed by atoms with E-state index in [0.717, 1.165) is 18.7 Å². The highest BCUT2D eigenvalue weighted by atomic mass is 16.5. The van der Waals surface area contributed by atoms with Crippen molar-refractivity contribution in [2.45, 2.75) is 12.0 Å². The van der Waals surface area contributed by atoms with Crippen molar-refractivity contribution >= 4 is 0 Å². The maximum absolute atomic E-state index is 9.84. The number of hydrogen-bond acceptors (Lipinski definition) is 4. The summed E-state index contributed by atoms with van der Waals surface area (Å²) < 4.78 is 10.5. The maximum atomic E-state index is 9.84. The van der Waals surface area contributed by atoms with Crippen LogP contribution in [0.3, 0.4) is 0 Å². The molecule has 0 unspecified atom stereocenters. The minimum Gasteiger partial charge on any atom is -0.508 e. The van der Waals surface area contributed by atoms with Crippen molar-refractivity contribution in [3.8, 4) is 11.5 Å². The molecule has 1 aromatic rings. The zero-order chi connectivity index (χ0) is 11.6. The lowest BCUT2D eigenvalue weighted by atomic mass is 9.88. The van der Waals surface area contributed by atoms with E-state index in [2.05, 4.69) is 5.32 Å². The lowest BCUT2D eigenvalue weighted by molar-refractivity contribution is -0.0505. The van der Waals surface area contributed by atoms with Gasteiger partial charge in [-0.1, -0.05) is 6.07 Å². The fourth-order valence-corrected chi connectivity index (χ4v) is 1.91. The van der Waals surface area contributed by atoms with E-state index in [4.69, 9.17) is 9.47 Å². The number of aromatic hydroxyl groups is 1. The van der Waals surface area contributed by atoms with E-state index in [0.29, 0.717) is 12.2 Å². The van der Waals surface area contributed by atoms with Crippen molar-refractivity contribution in [1.82, 2.24) is 5.32 Å². The van der Waals surface area contributed by atoms with E-state index in [1.54, 1.807) is 20.3 Å². The quantitative estimate of drug-likeness (QED) is 0.797. The average Bonchev–Trinajstić information content (AvgIpc) is 2.25. The second kappa shape index (κ2) is 4.31. The number of phenolic OH excluding ortho intramolecular Hbond substituents is 1. The summed E-state index contributed by atoms with van der Waals surface area (Å²) in [4.78, 5) is 0. The minimum atomic E-state index is -0.161. The highest BCUT2D eigenvalue weighted by molar-refractivity contribution is 5.40. The van der Waals surface area contributed by atoms with Crippen molar-refractivity contribution in [3.05, 3.63) is 23.8 Å². The summed E-state index contributed by atoms with van der Waals surface area (Å²) in [7, 11) is 3.29. The molecule has 1 aliphatic heterocycles. The molecule has 1 saturated heterocycles. The molecule has 0 aliphatic carbocycles. The van der Waals surface area contributed by atoms with Gasteiger partial charge in [-0.15, -0.1) is 0 Å². The highest BCUT2D eigenvalue weighted by Gasteiger charge is 2.37. The minimum absolute atomic E-state index is 0.161. The number of hydrogen-bond donors (Lipinski definition) is 2. The monoisotopic (exact) mass is 223 g/mol. The summed E-state index contributed by atoms with van der Waals surface area (Å²) in [5.74, 6) is 0.933. The molecule has 1 aliphatic rings. The Morgan fingerprint density at radius 2 is 2.12 bits per heavy atom. The Bertz CT molecular complexity index is 369. The van der Waals surface area contributed by atoms with Gasteiger partial charge < -0.3 is 19.9 Å². The van der Waals surface area contributed by atoms with Crippen molar-refractivity contribution in [2.75, 3.05) is 27.3 Å². The first-order valence-corrected chi connectivity index (χ1v) is 5.31. The third kappa shape index (κ3) is 1.99. The fourth-order valence-electron chi connectivity index (χ4n) is 1.91. The first-order chi connectivity index (χ1) is 7.69. The number of rotatable bonds is 4. The molecule has 0 radical (unpaired) electrons. The van der Waals surface area contributed by atoms with E-state index in [1.807, 2.05) is 12.1 Å². The smallest absolute Gasteiger partial charge is 0.122 e. The number of methoxy groups -OCH3 is 2. The van der Waals surface area contributed by atoms with Gasteiger partial charge in [0.2, 0.25) is 0 Å². The van der Waals surface area contributed by atoms with Gasteiger partial charge in [-0.25, -0.2) is 0 Å². The molecule has 2 rings (SSSR count). The van der Waals surface area contributed by atoms with Crippen LogP contribution >= 0.6 is 0 Å². The molecule has 1 aromatic carbocycles.